The number of hydrogen-bond donors (Lipinski definition) is 2. The Morgan fingerprint density at radius 3 is 2.76 bits per heavy atom. The molecule has 1 fully saturated rings. The number of nitrogens with zero attached hydrogens (tertiary/aromatic N) is 2. The summed E-state index contributed by atoms with van der Waals surface area (Å²) in [4.78, 5) is 6.88. The molecule has 1 aliphatic rings. The Balaban J connectivity index is 0.00000300. The molecule has 2 aromatic rings. The quantitative estimate of drug-likeness (QED) is 0.300. The molecule has 1 aromatic carbocycles. The number of ether oxygens (including phenoxy) is 1. The van der Waals surface area contributed by atoms with Crippen LogP contribution in [0, 0.1) is 0 Å². The van der Waals surface area contributed by atoms with E-state index in [-0.39, 0.29) is 24.0 Å². The van der Waals surface area contributed by atoms with Gasteiger partial charge in [-0.3, -0.25) is 4.99 Å². The maximum atomic E-state index is 5.72. The zero-order chi connectivity index (χ0) is 19.6. The first-order valence-corrected chi connectivity index (χ1v) is 11.1. The molecule has 0 amide bonds. The number of nitrogens with one attached hydrogen (secondary N) is 2. The van der Waals surface area contributed by atoms with Crippen molar-refractivity contribution in [3.8, 4) is 5.75 Å². The number of aliphatic imine (C=N–C) groups is 1. The normalized spacial score (nSPS) is 15.0. The Bertz CT molecular complexity index is 730. The second-order valence-corrected chi connectivity index (χ2v) is 8.03. The van der Waals surface area contributed by atoms with Crippen molar-refractivity contribution >= 4 is 46.3 Å². The van der Waals surface area contributed by atoms with Gasteiger partial charge in [0, 0.05) is 32.7 Å². The van der Waals surface area contributed by atoms with E-state index in [9.17, 15) is 0 Å². The molecule has 0 aliphatic carbocycles. The first-order chi connectivity index (χ1) is 13.8. The number of benzene rings is 1. The number of thiophene rings is 1. The largest absolute Gasteiger partial charge is 0.494 e. The van der Waals surface area contributed by atoms with Crippen molar-refractivity contribution in [2.75, 3.05) is 38.2 Å². The molecule has 1 saturated heterocycles. The fraction of sp³-hybridized carbons (Fsp3) is 0.500. The lowest BCUT2D eigenvalue weighted by Gasteiger charge is -2.33. The fourth-order valence-corrected chi connectivity index (χ4v) is 4.20. The smallest absolute Gasteiger partial charge is 0.191 e. The van der Waals surface area contributed by atoms with Crippen LogP contribution in [-0.4, -0.2) is 45.3 Å². The number of anilines is 1. The topological polar surface area (TPSA) is 48.9 Å². The highest BCUT2D eigenvalue weighted by Crippen LogP contribution is 2.24. The molecule has 0 atom stereocenters. The van der Waals surface area contributed by atoms with E-state index in [1.165, 1.54) is 10.6 Å². The monoisotopic (exact) mass is 528 g/mol. The van der Waals surface area contributed by atoms with Gasteiger partial charge in [-0.25, -0.2) is 0 Å². The first kappa shape index (κ1) is 23.8. The van der Waals surface area contributed by atoms with Crippen LogP contribution in [0.15, 0.2) is 46.8 Å². The second kappa shape index (κ2) is 13.0. The Morgan fingerprint density at radius 1 is 1.24 bits per heavy atom. The van der Waals surface area contributed by atoms with Gasteiger partial charge in [0.2, 0.25) is 0 Å². The zero-order valence-electron chi connectivity index (χ0n) is 17.4. The van der Waals surface area contributed by atoms with Crippen LogP contribution in [-0.2, 0) is 6.42 Å². The van der Waals surface area contributed by atoms with Crippen molar-refractivity contribution in [1.82, 2.24) is 10.6 Å². The molecule has 29 heavy (non-hydrogen) atoms. The summed E-state index contributed by atoms with van der Waals surface area (Å²) in [5.41, 5.74) is 1.28. The number of rotatable bonds is 8. The molecule has 3 rings (SSSR count). The van der Waals surface area contributed by atoms with Crippen molar-refractivity contribution in [3.05, 3.63) is 47.3 Å². The van der Waals surface area contributed by atoms with E-state index in [0.29, 0.717) is 6.04 Å². The average molecular weight is 529 g/mol. The Labute approximate surface area is 196 Å². The van der Waals surface area contributed by atoms with E-state index in [1.54, 1.807) is 0 Å². The molecule has 2 heterocycles. The highest BCUT2D eigenvalue weighted by molar-refractivity contribution is 14.0. The summed E-state index contributed by atoms with van der Waals surface area (Å²) in [6.45, 7) is 5.94. The highest BCUT2D eigenvalue weighted by atomic mass is 127. The van der Waals surface area contributed by atoms with Crippen molar-refractivity contribution < 1.29 is 4.74 Å². The summed E-state index contributed by atoms with van der Waals surface area (Å²) < 4.78 is 5.72. The van der Waals surface area contributed by atoms with Gasteiger partial charge in [0.1, 0.15) is 5.75 Å². The van der Waals surface area contributed by atoms with Gasteiger partial charge in [-0.15, -0.1) is 35.3 Å². The minimum Gasteiger partial charge on any atom is -0.494 e. The number of guanidine groups is 1. The van der Waals surface area contributed by atoms with E-state index >= 15 is 0 Å². The van der Waals surface area contributed by atoms with Crippen molar-refractivity contribution in [1.29, 1.82) is 0 Å². The molecule has 5 nitrogen and oxygen atoms in total. The standard InChI is InChI=1S/C22H32N4OS.HI/c1-3-15-27-20-7-4-6-18(17-20)9-12-24-22(23-2)25-19-10-13-26(14-11-19)21-8-5-16-28-21;/h4-8,16-17,19H,3,9-15H2,1-2H3,(H2,23,24,25);1H. The van der Waals surface area contributed by atoms with Gasteiger partial charge < -0.3 is 20.3 Å². The molecule has 2 N–H and O–H groups in total. The van der Waals surface area contributed by atoms with E-state index < -0.39 is 0 Å². The van der Waals surface area contributed by atoms with Crippen LogP contribution < -0.4 is 20.3 Å². The van der Waals surface area contributed by atoms with E-state index in [4.69, 9.17) is 4.74 Å². The molecule has 160 valence electrons. The van der Waals surface area contributed by atoms with Gasteiger partial charge >= 0.3 is 0 Å². The van der Waals surface area contributed by atoms with E-state index in [1.807, 2.05) is 24.5 Å². The molecule has 0 spiro atoms. The molecule has 0 radical (unpaired) electrons. The first-order valence-electron chi connectivity index (χ1n) is 10.3. The van der Waals surface area contributed by atoms with E-state index in [0.717, 1.165) is 63.6 Å². The van der Waals surface area contributed by atoms with Crippen LogP contribution in [0.25, 0.3) is 0 Å². The summed E-state index contributed by atoms with van der Waals surface area (Å²) in [7, 11) is 1.84. The summed E-state index contributed by atoms with van der Waals surface area (Å²) in [5, 5.41) is 10.6. The number of halogens is 1. The fourth-order valence-electron chi connectivity index (χ4n) is 3.42. The van der Waals surface area contributed by atoms with Crippen LogP contribution in [0.4, 0.5) is 5.00 Å². The second-order valence-electron chi connectivity index (χ2n) is 7.10. The molecule has 7 heteroatoms. The lowest BCUT2D eigenvalue weighted by atomic mass is 10.1. The minimum atomic E-state index is 0. The summed E-state index contributed by atoms with van der Waals surface area (Å²) in [6.07, 6.45) is 4.24. The van der Waals surface area contributed by atoms with Crippen molar-refractivity contribution in [3.63, 3.8) is 0 Å². The SMILES string of the molecule is CCCOc1cccc(CCNC(=NC)NC2CCN(c3cccs3)CC2)c1.I. The van der Waals surface area contributed by atoms with E-state index in [2.05, 4.69) is 63.2 Å². The molecule has 0 unspecified atom stereocenters. The Hall–Kier alpha value is -1.48. The van der Waals surface area contributed by atoms with Crippen molar-refractivity contribution in [2.45, 2.75) is 38.6 Å². The van der Waals surface area contributed by atoms with Gasteiger partial charge in [0.05, 0.1) is 11.6 Å². The molecular weight excluding hydrogens is 495 g/mol. The van der Waals surface area contributed by atoms with Crippen LogP contribution in [0.3, 0.4) is 0 Å². The molecular formula is C22H33IN4OS. The average Bonchev–Trinajstić information content (AvgIpc) is 3.27. The van der Waals surface area contributed by atoms with Gasteiger partial charge in [-0.05, 0) is 60.9 Å². The third kappa shape index (κ3) is 7.70. The third-order valence-electron chi connectivity index (χ3n) is 4.95. The van der Waals surface area contributed by atoms with Gasteiger partial charge in [-0.2, -0.15) is 0 Å². The Kier molecular flexibility index (Phi) is 10.6. The van der Waals surface area contributed by atoms with Crippen LogP contribution >= 0.6 is 35.3 Å². The molecule has 0 saturated carbocycles. The maximum absolute atomic E-state index is 5.72. The highest BCUT2D eigenvalue weighted by Gasteiger charge is 2.20. The van der Waals surface area contributed by atoms with Crippen LogP contribution in [0.5, 0.6) is 5.75 Å². The minimum absolute atomic E-state index is 0. The number of hydrogen-bond acceptors (Lipinski definition) is 4. The predicted molar refractivity (Wildman–Crippen MR) is 135 cm³/mol. The summed E-state index contributed by atoms with van der Waals surface area (Å²) in [5.74, 6) is 1.85. The predicted octanol–water partition coefficient (Wildman–Crippen LogP) is 4.53. The van der Waals surface area contributed by atoms with Crippen molar-refractivity contribution in [2.24, 2.45) is 4.99 Å². The zero-order valence-corrected chi connectivity index (χ0v) is 20.5. The molecule has 1 aromatic heterocycles. The third-order valence-corrected chi connectivity index (χ3v) is 5.88. The lowest BCUT2D eigenvalue weighted by molar-refractivity contribution is 0.317. The number of piperidine rings is 1. The van der Waals surface area contributed by atoms with Gasteiger partial charge in [0.15, 0.2) is 5.96 Å². The Morgan fingerprint density at radius 2 is 2.07 bits per heavy atom. The summed E-state index contributed by atoms with van der Waals surface area (Å²) in [6, 6.07) is 13.2. The summed E-state index contributed by atoms with van der Waals surface area (Å²) >= 11 is 1.82. The van der Waals surface area contributed by atoms with Crippen LogP contribution in [0.1, 0.15) is 31.7 Å². The maximum Gasteiger partial charge on any atom is 0.191 e. The van der Waals surface area contributed by atoms with Gasteiger partial charge in [0.25, 0.3) is 0 Å². The van der Waals surface area contributed by atoms with Crippen LogP contribution in [0.2, 0.25) is 0 Å². The molecule has 0 bridgehead atoms. The lowest BCUT2D eigenvalue weighted by Crippen LogP contribution is -2.49. The molecule has 1 aliphatic heterocycles. The van der Waals surface area contributed by atoms with Gasteiger partial charge in [-0.1, -0.05) is 19.1 Å².